The quantitative estimate of drug-likeness (QED) is 0.859. The molecule has 23 heavy (non-hydrogen) atoms. The van der Waals surface area contributed by atoms with Crippen LogP contribution in [0.2, 0.25) is 0 Å². The van der Waals surface area contributed by atoms with Gasteiger partial charge in [-0.05, 0) is 12.8 Å². The summed E-state index contributed by atoms with van der Waals surface area (Å²) in [6.45, 7) is 1.39. The van der Waals surface area contributed by atoms with Gasteiger partial charge in [-0.1, -0.05) is 30.3 Å². The van der Waals surface area contributed by atoms with E-state index >= 15 is 0 Å². The Hall–Kier alpha value is -2.63. The van der Waals surface area contributed by atoms with E-state index in [1.54, 1.807) is 4.90 Å². The normalized spacial score (nSPS) is 14.8. The molecule has 1 fully saturated rings. The molecular weight excluding hydrogens is 294 g/mol. The number of H-pyrrole nitrogens is 1. The number of carbonyl (C=O) groups is 2. The molecule has 120 valence electrons. The smallest absolute Gasteiger partial charge is 0.342 e. The van der Waals surface area contributed by atoms with Crippen LogP contribution >= 0.6 is 0 Å². The topological polar surface area (TPSA) is 75.3 Å². The van der Waals surface area contributed by atoms with Crippen LogP contribution in [0.3, 0.4) is 0 Å². The molecule has 0 atom stereocenters. The molecular formula is C17H19N3O3. The Balaban J connectivity index is 1.59. The summed E-state index contributed by atoms with van der Waals surface area (Å²) in [5, 5.41) is 6.77. The van der Waals surface area contributed by atoms with Crippen molar-refractivity contribution in [2.45, 2.75) is 19.3 Å². The zero-order valence-corrected chi connectivity index (χ0v) is 12.8. The van der Waals surface area contributed by atoms with E-state index in [9.17, 15) is 9.59 Å². The molecule has 1 aliphatic heterocycles. The largest absolute Gasteiger partial charge is 0.460 e. The zero-order valence-electron chi connectivity index (χ0n) is 12.8. The third kappa shape index (κ3) is 3.59. The van der Waals surface area contributed by atoms with Gasteiger partial charge < -0.3 is 9.64 Å². The van der Waals surface area contributed by atoms with Crippen molar-refractivity contribution in [1.82, 2.24) is 15.1 Å². The van der Waals surface area contributed by atoms with Crippen LogP contribution in [0.5, 0.6) is 0 Å². The number of aromatic nitrogens is 2. The Morgan fingerprint density at radius 3 is 2.87 bits per heavy atom. The standard InChI is InChI=1S/C17H19N3O3/c21-15-8-4-5-9-20(15)10-11-23-17(22)14-12-18-19-16(14)13-6-2-1-3-7-13/h1-3,6-7,12H,4-5,8-11H2,(H,18,19). The molecule has 0 radical (unpaired) electrons. The van der Waals surface area contributed by atoms with Gasteiger partial charge >= 0.3 is 5.97 Å². The van der Waals surface area contributed by atoms with E-state index in [1.807, 2.05) is 30.3 Å². The zero-order chi connectivity index (χ0) is 16.1. The van der Waals surface area contributed by atoms with Gasteiger partial charge in [-0.2, -0.15) is 5.10 Å². The number of amides is 1. The number of nitrogens with one attached hydrogen (secondary N) is 1. The third-order valence-electron chi connectivity index (χ3n) is 3.94. The van der Waals surface area contributed by atoms with E-state index in [-0.39, 0.29) is 12.5 Å². The Morgan fingerprint density at radius 2 is 2.09 bits per heavy atom. The van der Waals surface area contributed by atoms with Crippen molar-refractivity contribution >= 4 is 11.9 Å². The predicted octanol–water partition coefficient (Wildman–Crippen LogP) is 2.25. The lowest BCUT2D eigenvalue weighted by Gasteiger charge is -2.26. The molecule has 6 heteroatoms. The number of ether oxygens (including phenoxy) is 1. The Morgan fingerprint density at radius 1 is 1.26 bits per heavy atom. The van der Waals surface area contributed by atoms with Crippen LogP contribution in [0.4, 0.5) is 0 Å². The highest BCUT2D eigenvalue weighted by atomic mass is 16.5. The number of likely N-dealkylation sites (tertiary alicyclic amines) is 1. The lowest BCUT2D eigenvalue weighted by molar-refractivity contribution is -0.133. The summed E-state index contributed by atoms with van der Waals surface area (Å²) in [5.41, 5.74) is 1.92. The summed E-state index contributed by atoms with van der Waals surface area (Å²) in [7, 11) is 0. The van der Waals surface area contributed by atoms with Crippen LogP contribution in [-0.2, 0) is 9.53 Å². The second-order valence-electron chi connectivity index (χ2n) is 5.50. The average molecular weight is 313 g/mol. The number of benzene rings is 1. The van der Waals surface area contributed by atoms with Crippen LogP contribution in [0, 0.1) is 0 Å². The minimum absolute atomic E-state index is 0.139. The third-order valence-corrected chi connectivity index (χ3v) is 3.94. The molecule has 0 saturated carbocycles. The van der Waals surface area contributed by atoms with Gasteiger partial charge in [0.1, 0.15) is 12.2 Å². The van der Waals surface area contributed by atoms with Crippen molar-refractivity contribution in [1.29, 1.82) is 0 Å². The molecule has 0 aliphatic carbocycles. The van der Waals surface area contributed by atoms with E-state index in [2.05, 4.69) is 10.2 Å². The van der Waals surface area contributed by atoms with Gasteiger partial charge in [-0.25, -0.2) is 4.79 Å². The number of hydrogen-bond donors (Lipinski definition) is 1. The van der Waals surface area contributed by atoms with E-state index in [0.29, 0.717) is 24.2 Å². The molecule has 0 unspecified atom stereocenters. The Kier molecular flexibility index (Phi) is 4.71. The number of hydrogen-bond acceptors (Lipinski definition) is 4. The summed E-state index contributed by atoms with van der Waals surface area (Å²) >= 11 is 0. The maximum Gasteiger partial charge on any atom is 0.342 e. The molecule has 1 saturated heterocycles. The molecule has 1 N–H and O–H groups in total. The first-order chi connectivity index (χ1) is 11.3. The highest BCUT2D eigenvalue weighted by molar-refractivity contribution is 5.95. The molecule has 0 bridgehead atoms. The number of nitrogens with zero attached hydrogens (tertiary/aromatic N) is 2. The predicted molar refractivity (Wildman–Crippen MR) is 84.7 cm³/mol. The molecule has 2 heterocycles. The van der Waals surface area contributed by atoms with Crippen molar-refractivity contribution in [2.24, 2.45) is 0 Å². The first-order valence-corrected chi connectivity index (χ1v) is 7.79. The number of carbonyl (C=O) groups excluding carboxylic acids is 2. The molecule has 3 rings (SSSR count). The molecule has 2 aromatic rings. The lowest BCUT2D eigenvalue weighted by atomic mass is 10.1. The second kappa shape index (κ2) is 7.09. The van der Waals surface area contributed by atoms with Crippen molar-refractivity contribution in [2.75, 3.05) is 19.7 Å². The first-order valence-electron chi connectivity index (χ1n) is 7.79. The fourth-order valence-electron chi connectivity index (χ4n) is 2.69. The van der Waals surface area contributed by atoms with Gasteiger partial charge in [0, 0.05) is 18.5 Å². The van der Waals surface area contributed by atoms with Crippen LogP contribution < -0.4 is 0 Å². The van der Waals surface area contributed by atoms with Crippen LogP contribution in [0.15, 0.2) is 36.5 Å². The van der Waals surface area contributed by atoms with Crippen molar-refractivity contribution < 1.29 is 14.3 Å². The van der Waals surface area contributed by atoms with Gasteiger partial charge in [-0.15, -0.1) is 0 Å². The summed E-state index contributed by atoms with van der Waals surface area (Å²) < 4.78 is 5.31. The number of aromatic amines is 1. The van der Waals surface area contributed by atoms with E-state index in [4.69, 9.17) is 4.74 Å². The summed E-state index contributed by atoms with van der Waals surface area (Å²) in [5.74, 6) is -0.289. The van der Waals surface area contributed by atoms with Gasteiger partial charge in [0.25, 0.3) is 0 Å². The SMILES string of the molecule is O=C(OCCN1CCCCC1=O)c1cn[nH]c1-c1ccccc1. The van der Waals surface area contributed by atoms with Crippen molar-refractivity contribution in [3.8, 4) is 11.3 Å². The maximum absolute atomic E-state index is 12.2. The van der Waals surface area contributed by atoms with Gasteiger partial charge in [0.15, 0.2) is 0 Å². The minimum atomic E-state index is -0.429. The van der Waals surface area contributed by atoms with Gasteiger partial charge in [0.2, 0.25) is 5.91 Å². The monoisotopic (exact) mass is 313 g/mol. The fraction of sp³-hybridized carbons (Fsp3) is 0.353. The lowest BCUT2D eigenvalue weighted by Crippen LogP contribution is -2.37. The van der Waals surface area contributed by atoms with Crippen molar-refractivity contribution in [3.05, 3.63) is 42.1 Å². The van der Waals surface area contributed by atoms with E-state index < -0.39 is 5.97 Å². The Labute approximate surface area is 134 Å². The fourth-order valence-corrected chi connectivity index (χ4v) is 2.69. The van der Waals surface area contributed by atoms with Gasteiger partial charge in [-0.3, -0.25) is 9.89 Å². The summed E-state index contributed by atoms with van der Waals surface area (Å²) in [4.78, 5) is 25.7. The van der Waals surface area contributed by atoms with Crippen LogP contribution in [0.1, 0.15) is 29.6 Å². The van der Waals surface area contributed by atoms with E-state index in [1.165, 1.54) is 6.20 Å². The summed E-state index contributed by atoms with van der Waals surface area (Å²) in [6.07, 6.45) is 4.02. The average Bonchev–Trinajstić information content (AvgIpc) is 3.07. The number of piperidine rings is 1. The highest BCUT2D eigenvalue weighted by Crippen LogP contribution is 2.21. The summed E-state index contributed by atoms with van der Waals surface area (Å²) in [6, 6.07) is 9.50. The number of rotatable bonds is 5. The minimum Gasteiger partial charge on any atom is -0.460 e. The second-order valence-corrected chi connectivity index (χ2v) is 5.50. The highest BCUT2D eigenvalue weighted by Gasteiger charge is 2.20. The first kappa shape index (κ1) is 15.3. The Bertz CT molecular complexity index is 681. The van der Waals surface area contributed by atoms with Gasteiger partial charge in [0.05, 0.1) is 18.4 Å². The van der Waals surface area contributed by atoms with Crippen LogP contribution in [-0.4, -0.2) is 46.7 Å². The van der Waals surface area contributed by atoms with E-state index in [0.717, 1.165) is 24.9 Å². The molecule has 1 aliphatic rings. The number of esters is 1. The molecule has 1 aromatic carbocycles. The molecule has 0 spiro atoms. The molecule has 1 aromatic heterocycles. The molecule has 1 amide bonds. The maximum atomic E-state index is 12.2. The van der Waals surface area contributed by atoms with Crippen molar-refractivity contribution in [3.63, 3.8) is 0 Å². The molecule has 6 nitrogen and oxygen atoms in total. The van der Waals surface area contributed by atoms with Crippen LogP contribution in [0.25, 0.3) is 11.3 Å².